The van der Waals surface area contributed by atoms with Crippen molar-refractivity contribution in [1.29, 1.82) is 0 Å². The van der Waals surface area contributed by atoms with Crippen molar-refractivity contribution in [2.75, 3.05) is 52.4 Å². The molecule has 2 unspecified atom stereocenters. The van der Waals surface area contributed by atoms with E-state index in [1.54, 1.807) is 0 Å². The van der Waals surface area contributed by atoms with E-state index in [2.05, 4.69) is 41.2 Å². The number of piperidine rings is 2. The van der Waals surface area contributed by atoms with E-state index in [1.807, 2.05) is 0 Å². The highest BCUT2D eigenvalue weighted by molar-refractivity contribution is 5.73. The molecule has 2 heterocycles. The van der Waals surface area contributed by atoms with Crippen LogP contribution < -0.4 is 10.6 Å². The van der Waals surface area contributed by atoms with Gasteiger partial charge >= 0.3 is 6.03 Å². The molecule has 0 aromatic heterocycles. The third-order valence-corrected chi connectivity index (χ3v) is 5.47. The predicted octanol–water partition coefficient (Wildman–Crippen LogP) is 2.39. The molecule has 0 aliphatic carbocycles. The first-order valence-corrected chi connectivity index (χ1v) is 9.99. The number of carbonyl (C=O) groups is 1. The minimum atomic E-state index is -0.0132. The highest BCUT2D eigenvalue weighted by atomic mass is 16.2. The van der Waals surface area contributed by atoms with Crippen LogP contribution >= 0.6 is 0 Å². The molecule has 5 heteroatoms. The minimum absolute atomic E-state index is 0.0132. The Kier molecular flexibility index (Phi) is 8.33. The van der Waals surface area contributed by atoms with E-state index in [4.69, 9.17) is 0 Å². The van der Waals surface area contributed by atoms with Crippen molar-refractivity contribution < 1.29 is 4.79 Å². The van der Waals surface area contributed by atoms with Crippen LogP contribution in [-0.2, 0) is 0 Å². The van der Waals surface area contributed by atoms with Crippen molar-refractivity contribution in [3.05, 3.63) is 0 Å². The summed E-state index contributed by atoms with van der Waals surface area (Å²) < 4.78 is 0. The van der Waals surface area contributed by atoms with Gasteiger partial charge in [-0.15, -0.1) is 0 Å². The molecule has 2 fully saturated rings. The fourth-order valence-corrected chi connectivity index (χ4v) is 4.15. The van der Waals surface area contributed by atoms with Crippen molar-refractivity contribution in [2.45, 2.75) is 46.5 Å². The third-order valence-electron chi connectivity index (χ3n) is 5.47. The molecule has 5 nitrogen and oxygen atoms in total. The van der Waals surface area contributed by atoms with Crippen LogP contribution in [0.25, 0.3) is 0 Å². The Bertz CT molecular complexity index is 358. The fourth-order valence-electron chi connectivity index (χ4n) is 4.15. The molecule has 0 bridgehead atoms. The van der Waals surface area contributed by atoms with Gasteiger partial charge in [0.1, 0.15) is 0 Å². The van der Waals surface area contributed by atoms with E-state index < -0.39 is 0 Å². The van der Waals surface area contributed by atoms with Gasteiger partial charge in [-0.2, -0.15) is 0 Å². The number of nitrogens with one attached hydrogen (secondary N) is 2. The molecule has 0 radical (unpaired) electrons. The molecule has 2 amide bonds. The summed E-state index contributed by atoms with van der Waals surface area (Å²) in [4.78, 5) is 16.8. The largest absolute Gasteiger partial charge is 0.338 e. The van der Waals surface area contributed by atoms with Crippen LogP contribution in [-0.4, -0.2) is 68.2 Å². The van der Waals surface area contributed by atoms with Crippen LogP contribution in [0.2, 0.25) is 0 Å². The van der Waals surface area contributed by atoms with Crippen LogP contribution in [0.1, 0.15) is 46.5 Å². The summed E-state index contributed by atoms with van der Waals surface area (Å²) in [6, 6.07) is -0.0132. The maximum atomic E-state index is 11.8. The summed E-state index contributed by atoms with van der Waals surface area (Å²) in [5.41, 5.74) is 0. The lowest BCUT2D eigenvalue weighted by Gasteiger charge is -2.34. The Hall–Kier alpha value is -0.810. The standard InChI is InChI=1S/C19H38N4O/c1-16-5-10-22(11-6-16)12-8-21-19(24)20-7-4-9-23-14-17(2)13-18(3)15-23/h16-18H,4-15H2,1-3H3,(H2,20,21,24). The number of urea groups is 1. The molecule has 24 heavy (non-hydrogen) atoms. The number of hydrogen-bond acceptors (Lipinski definition) is 3. The molecule has 2 saturated heterocycles. The minimum Gasteiger partial charge on any atom is -0.338 e. The Morgan fingerprint density at radius 3 is 2.17 bits per heavy atom. The molecule has 0 spiro atoms. The molecular weight excluding hydrogens is 300 g/mol. The van der Waals surface area contributed by atoms with E-state index in [-0.39, 0.29) is 6.03 Å². The van der Waals surface area contributed by atoms with Gasteiger partial charge < -0.3 is 20.4 Å². The lowest BCUT2D eigenvalue weighted by molar-refractivity contribution is 0.139. The monoisotopic (exact) mass is 338 g/mol. The van der Waals surface area contributed by atoms with E-state index in [9.17, 15) is 4.79 Å². The number of hydrogen-bond donors (Lipinski definition) is 2. The van der Waals surface area contributed by atoms with Crippen molar-refractivity contribution in [3.63, 3.8) is 0 Å². The summed E-state index contributed by atoms with van der Waals surface area (Å²) >= 11 is 0. The van der Waals surface area contributed by atoms with Gasteiger partial charge in [0.05, 0.1) is 0 Å². The second-order valence-corrected chi connectivity index (χ2v) is 8.27. The molecule has 0 saturated carbocycles. The average Bonchev–Trinajstić information content (AvgIpc) is 2.53. The molecule has 2 aliphatic rings. The van der Waals surface area contributed by atoms with E-state index in [0.29, 0.717) is 0 Å². The summed E-state index contributed by atoms with van der Waals surface area (Å²) in [5, 5.41) is 5.98. The molecule has 2 rings (SSSR count). The maximum Gasteiger partial charge on any atom is 0.314 e. The summed E-state index contributed by atoms with van der Waals surface area (Å²) in [5.74, 6) is 2.48. The van der Waals surface area contributed by atoms with E-state index in [1.165, 1.54) is 45.4 Å². The smallest absolute Gasteiger partial charge is 0.314 e. The highest BCUT2D eigenvalue weighted by Gasteiger charge is 2.21. The van der Waals surface area contributed by atoms with E-state index >= 15 is 0 Å². The normalized spacial score (nSPS) is 27.1. The number of likely N-dealkylation sites (tertiary alicyclic amines) is 2. The zero-order valence-corrected chi connectivity index (χ0v) is 16.0. The highest BCUT2D eigenvalue weighted by Crippen LogP contribution is 2.20. The summed E-state index contributed by atoms with van der Waals surface area (Å²) in [6.45, 7) is 15.4. The molecular formula is C19H38N4O. The first-order chi connectivity index (χ1) is 11.5. The number of carbonyl (C=O) groups excluding carboxylic acids is 1. The molecule has 2 aliphatic heterocycles. The summed E-state index contributed by atoms with van der Waals surface area (Å²) in [7, 11) is 0. The fraction of sp³-hybridized carbons (Fsp3) is 0.947. The second-order valence-electron chi connectivity index (χ2n) is 8.27. The molecule has 0 aromatic carbocycles. The lowest BCUT2D eigenvalue weighted by atomic mass is 9.92. The molecule has 2 atom stereocenters. The van der Waals surface area contributed by atoms with Crippen molar-refractivity contribution in [2.24, 2.45) is 17.8 Å². The maximum absolute atomic E-state index is 11.8. The SMILES string of the molecule is CC1CCN(CCNC(=O)NCCCN2CC(C)CC(C)C2)CC1. The number of rotatable bonds is 7. The third kappa shape index (κ3) is 7.39. The predicted molar refractivity (Wildman–Crippen MR) is 100 cm³/mol. The molecule has 2 N–H and O–H groups in total. The van der Waals surface area contributed by atoms with Crippen molar-refractivity contribution in [1.82, 2.24) is 20.4 Å². The van der Waals surface area contributed by atoms with Gasteiger partial charge in [-0.25, -0.2) is 4.79 Å². The van der Waals surface area contributed by atoms with Crippen LogP contribution in [0.5, 0.6) is 0 Å². The number of nitrogens with zero attached hydrogens (tertiary/aromatic N) is 2. The zero-order valence-electron chi connectivity index (χ0n) is 16.0. The number of amides is 2. The summed E-state index contributed by atoms with van der Waals surface area (Å²) in [6.07, 6.45) is 4.98. The van der Waals surface area contributed by atoms with Gasteiger partial charge in [0.25, 0.3) is 0 Å². The van der Waals surface area contributed by atoms with Gasteiger partial charge in [-0.3, -0.25) is 0 Å². The van der Waals surface area contributed by atoms with Crippen LogP contribution in [0.4, 0.5) is 4.79 Å². The molecule has 140 valence electrons. The van der Waals surface area contributed by atoms with Crippen molar-refractivity contribution >= 4 is 6.03 Å². The average molecular weight is 339 g/mol. The zero-order chi connectivity index (χ0) is 17.4. The van der Waals surface area contributed by atoms with Gasteiger partial charge in [0.15, 0.2) is 0 Å². The Labute approximate surface area is 148 Å². The second kappa shape index (κ2) is 10.2. The van der Waals surface area contributed by atoms with Gasteiger partial charge in [-0.1, -0.05) is 20.8 Å². The lowest BCUT2D eigenvalue weighted by Crippen LogP contribution is -2.43. The van der Waals surface area contributed by atoms with Crippen LogP contribution in [0, 0.1) is 17.8 Å². The Balaban J connectivity index is 1.46. The molecule has 0 aromatic rings. The van der Waals surface area contributed by atoms with E-state index in [0.717, 1.165) is 50.4 Å². The Morgan fingerprint density at radius 1 is 0.875 bits per heavy atom. The van der Waals surface area contributed by atoms with Gasteiger partial charge in [-0.05, 0) is 63.1 Å². The van der Waals surface area contributed by atoms with Gasteiger partial charge in [0.2, 0.25) is 0 Å². The quantitative estimate of drug-likeness (QED) is 0.701. The van der Waals surface area contributed by atoms with Crippen LogP contribution in [0.15, 0.2) is 0 Å². The van der Waals surface area contributed by atoms with Crippen LogP contribution in [0.3, 0.4) is 0 Å². The van der Waals surface area contributed by atoms with Gasteiger partial charge in [0, 0.05) is 32.7 Å². The topological polar surface area (TPSA) is 47.6 Å². The van der Waals surface area contributed by atoms with Crippen molar-refractivity contribution in [3.8, 4) is 0 Å². The first kappa shape index (κ1) is 19.5. The Morgan fingerprint density at radius 2 is 1.50 bits per heavy atom. The first-order valence-electron chi connectivity index (χ1n) is 9.99.